The van der Waals surface area contributed by atoms with Crippen LogP contribution in [0, 0.1) is 0 Å². The summed E-state index contributed by atoms with van der Waals surface area (Å²) < 4.78 is 4.91. The van der Waals surface area contributed by atoms with Crippen LogP contribution in [0.2, 0.25) is 0 Å². The average molecular weight is 268 g/mol. The number of imide groups is 1. The van der Waals surface area contributed by atoms with Crippen molar-refractivity contribution in [2.75, 3.05) is 26.2 Å². The molecule has 1 aliphatic carbocycles. The summed E-state index contributed by atoms with van der Waals surface area (Å²) in [5.41, 5.74) is 0. The molecule has 0 atom stereocenters. The highest BCUT2D eigenvalue weighted by molar-refractivity contribution is 5.97. The highest BCUT2D eigenvalue weighted by atomic mass is 16.5. The van der Waals surface area contributed by atoms with Gasteiger partial charge in [-0.1, -0.05) is 0 Å². The van der Waals surface area contributed by atoms with Gasteiger partial charge in [-0.25, -0.2) is 0 Å². The third kappa shape index (κ3) is 3.76. The van der Waals surface area contributed by atoms with Gasteiger partial charge < -0.3 is 4.74 Å². The van der Waals surface area contributed by atoms with Gasteiger partial charge >= 0.3 is 5.97 Å². The summed E-state index contributed by atoms with van der Waals surface area (Å²) in [5, 5.41) is 0. The zero-order valence-corrected chi connectivity index (χ0v) is 11.3. The third-order valence-corrected chi connectivity index (χ3v) is 3.41. The van der Waals surface area contributed by atoms with E-state index in [-0.39, 0.29) is 36.9 Å². The first-order chi connectivity index (χ1) is 9.11. The van der Waals surface area contributed by atoms with Gasteiger partial charge in [0.1, 0.15) is 0 Å². The van der Waals surface area contributed by atoms with E-state index in [9.17, 15) is 14.4 Å². The Labute approximate surface area is 112 Å². The number of carbonyl (C=O) groups is 3. The summed E-state index contributed by atoms with van der Waals surface area (Å²) >= 11 is 0. The molecule has 0 aromatic carbocycles. The zero-order chi connectivity index (χ0) is 13.8. The first-order valence-corrected chi connectivity index (χ1v) is 6.84. The van der Waals surface area contributed by atoms with E-state index < -0.39 is 0 Å². The molecule has 0 radical (unpaired) electrons. The van der Waals surface area contributed by atoms with E-state index in [1.54, 1.807) is 6.92 Å². The van der Waals surface area contributed by atoms with Crippen LogP contribution >= 0.6 is 0 Å². The highest BCUT2D eigenvalue weighted by Gasteiger charge is 2.34. The lowest BCUT2D eigenvalue weighted by molar-refractivity contribution is -0.146. The number of hydrogen-bond donors (Lipinski definition) is 0. The summed E-state index contributed by atoms with van der Waals surface area (Å²) in [7, 11) is 0. The van der Waals surface area contributed by atoms with E-state index in [4.69, 9.17) is 4.74 Å². The van der Waals surface area contributed by atoms with E-state index in [0.29, 0.717) is 19.6 Å². The number of rotatable bonds is 6. The molecule has 6 heteroatoms. The summed E-state index contributed by atoms with van der Waals surface area (Å²) in [5.74, 6) is -0.606. The summed E-state index contributed by atoms with van der Waals surface area (Å²) in [6.45, 7) is 2.88. The van der Waals surface area contributed by atoms with Crippen molar-refractivity contribution in [2.24, 2.45) is 0 Å². The Balaban J connectivity index is 1.87. The molecular weight excluding hydrogens is 248 g/mol. The SMILES string of the molecule is CCOC(=O)CN(CC(=O)N1CCCC1=O)C1CC1. The van der Waals surface area contributed by atoms with Crippen LogP contribution < -0.4 is 0 Å². The Morgan fingerprint density at radius 3 is 2.63 bits per heavy atom. The predicted molar refractivity (Wildman–Crippen MR) is 67.2 cm³/mol. The van der Waals surface area contributed by atoms with E-state index in [0.717, 1.165) is 19.3 Å². The van der Waals surface area contributed by atoms with Gasteiger partial charge in [-0.3, -0.25) is 24.2 Å². The van der Waals surface area contributed by atoms with Crippen LogP contribution in [0.1, 0.15) is 32.6 Å². The Hall–Kier alpha value is -1.43. The highest BCUT2D eigenvalue weighted by Crippen LogP contribution is 2.26. The number of hydrogen-bond acceptors (Lipinski definition) is 5. The van der Waals surface area contributed by atoms with Gasteiger partial charge in [-0.15, -0.1) is 0 Å². The van der Waals surface area contributed by atoms with Gasteiger partial charge in [-0.2, -0.15) is 0 Å². The van der Waals surface area contributed by atoms with Crippen LogP contribution in [-0.2, 0) is 19.1 Å². The average Bonchev–Trinajstić information content (AvgIpc) is 3.11. The number of amides is 2. The second-order valence-corrected chi connectivity index (χ2v) is 4.98. The molecule has 6 nitrogen and oxygen atoms in total. The molecule has 2 amide bonds. The van der Waals surface area contributed by atoms with Crippen molar-refractivity contribution < 1.29 is 19.1 Å². The van der Waals surface area contributed by atoms with Crippen LogP contribution in [0.4, 0.5) is 0 Å². The minimum absolute atomic E-state index is 0.100. The maximum Gasteiger partial charge on any atom is 0.320 e. The van der Waals surface area contributed by atoms with Crippen molar-refractivity contribution in [1.82, 2.24) is 9.80 Å². The number of nitrogens with zero attached hydrogens (tertiary/aromatic N) is 2. The molecule has 106 valence electrons. The quantitative estimate of drug-likeness (QED) is 0.642. The lowest BCUT2D eigenvalue weighted by atomic mass is 10.4. The second-order valence-electron chi connectivity index (χ2n) is 4.98. The van der Waals surface area contributed by atoms with Crippen molar-refractivity contribution in [3.05, 3.63) is 0 Å². The van der Waals surface area contributed by atoms with E-state index in [1.807, 2.05) is 4.90 Å². The Morgan fingerprint density at radius 2 is 2.11 bits per heavy atom. The van der Waals surface area contributed by atoms with Crippen LogP contribution in [-0.4, -0.2) is 59.9 Å². The van der Waals surface area contributed by atoms with Crippen LogP contribution in [0.3, 0.4) is 0 Å². The van der Waals surface area contributed by atoms with Crippen LogP contribution in [0.25, 0.3) is 0 Å². The van der Waals surface area contributed by atoms with Gasteiger partial charge in [0.2, 0.25) is 11.8 Å². The molecule has 2 aliphatic rings. The Bertz CT molecular complexity index is 379. The molecule has 0 bridgehead atoms. The van der Waals surface area contributed by atoms with E-state index in [2.05, 4.69) is 0 Å². The van der Waals surface area contributed by atoms with Gasteiger partial charge in [-0.05, 0) is 26.2 Å². The Kier molecular flexibility index (Phi) is 4.52. The molecule has 1 heterocycles. The standard InChI is InChI=1S/C13H20N2O4/c1-2-19-13(18)9-14(10-5-6-10)8-12(17)15-7-3-4-11(15)16/h10H,2-9H2,1H3. The fourth-order valence-corrected chi connectivity index (χ4v) is 2.30. The van der Waals surface area contributed by atoms with Crippen LogP contribution in [0.5, 0.6) is 0 Å². The predicted octanol–water partition coefficient (Wildman–Crippen LogP) is 0.163. The molecule has 0 N–H and O–H groups in total. The first-order valence-electron chi connectivity index (χ1n) is 6.84. The molecule has 0 spiro atoms. The number of ether oxygens (including phenoxy) is 1. The van der Waals surface area contributed by atoms with Crippen molar-refractivity contribution in [3.63, 3.8) is 0 Å². The second kappa shape index (κ2) is 6.14. The molecule has 2 fully saturated rings. The third-order valence-electron chi connectivity index (χ3n) is 3.41. The van der Waals surface area contributed by atoms with Crippen molar-refractivity contribution in [2.45, 2.75) is 38.6 Å². The monoisotopic (exact) mass is 268 g/mol. The smallest absolute Gasteiger partial charge is 0.320 e. The summed E-state index contributed by atoms with van der Waals surface area (Å²) in [6, 6.07) is 0.283. The fourth-order valence-electron chi connectivity index (χ4n) is 2.30. The molecular formula is C13H20N2O4. The number of esters is 1. The van der Waals surface area contributed by atoms with E-state index in [1.165, 1.54) is 4.90 Å². The maximum absolute atomic E-state index is 12.0. The molecule has 0 unspecified atom stereocenters. The van der Waals surface area contributed by atoms with Gasteiger partial charge in [0, 0.05) is 19.0 Å². The van der Waals surface area contributed by atoms with Crippen molar-refractivity contribution >= 4 is 17.8 Å². The van der Waals surface area contributed by atoms with Gasteiger partial charge in [0.15, 0.2) is 0 Å². The van der Waals surface area contributed by atoms with Crippen LogP contribution in [0.15, 0.2) is 0 Å². The molecule has 2 rings (SSSR count). The molecule has 19 heavy (non-hydrogen) atoms. The molecule has 1 aliphatic heterocycles. The lowest BCUT2D eigenvalue weighted by Crippen LogP contribution is -2.43. The summed E-state index contributed by atoms with van der Waals surface area (Å²) in [6.07, 6.45) is 3.19. The number of likely N-dealkylation sites (tertiary alicyclic amines) is 1. The normalized spacial score (nSPS) is 19.1. The molecule has 1 saturated heterocycles. The van der Waals surface area contributed by atoms with E-state index >= 15 is 0 Å². The minimum atomic E-state index is -0.310. The minimum Gasteiger partial charge on any atom is -0.465 e. The topological polar surface area (TPSA) is 66.9 Å². The van der Waals surface area contributed by atoms with Gasteiger partial charge in [0.25, 0.3) is 0 Å². The first kappa shape index (κ1) is 14.0. The van der Waals surface area contributed by atoms with Crippen molar-refractivity contribution in [3.8, 4) is 0 Å². The maximum atomic E-state index is 12.0. The molecule has 0 aromatic rings. The van der Waals surface area contributed by atoms with Crippen molar-refractivity contribution in [1.29, 1.82) is 0 Å². The fraction of sp³-hybridized carbons (Fsp3) is 0.769. The zero-order valence-electron chi connectivity index (χ0n) is 11.3. The molecule has 1 saturated carbocycles. The van der Waals surface area contributed by atoms with Gasteiger partial charge in [0.05, 0.1) is 19.7 Å². The lowest BCUT2D eigenvalue weighted by Gasteiger charge is -2.22. The Morgan fingerprint density at radius 1 is 1.37 bits per heavy atom. The number of carbonyl (C=O) groups excluding carboxylic acids is 3. The largest absolute Gasteiger partial charge is 0.465 e. The molecule has 0 aromatic heterocycles. The summed E-state index contributed by atoms with van der Waals surface area (Å²) in [4.78, 5) is 38.2.